The van der Waals surface area contributed by atoms with Crippen LogP contribution in [0.4, 0.5) is 0 Å². The number of pyridine rings is 3. The van der Waals surface area contributed by atoms with Crippen molar-refractivity contribution in [3.05, 3.63) is 113 Å². The lowest BCUT2D eigenvalue weighted by Crippen LogP contribution is -2.35. The van der Waals surface area contributed by atoms with Crippen molar-refractivity contribution in [1.29, 1.82) is 0 Å². The van der Waals surface area contributed by atoms with Crippen molar-refractivity contribution in [2.75, 3.05) is 0 Å². The molecule has 46 heavy (non-hydrogen) atoms. The summed E-state index contributed by atoms with van der Waals surface area (Å²) in [4.78, 5) is 9.13. The molecule has 0 spiro atoms. The Balaban J connectivity index is 0.000000187. The van der Waals surface area contributed by atoms with Gasteiger partial charge in [-0.1, -0.05) is 87.9 Å². The molecule has 232 valence electrons. The summed E-state index contributed by atoms with van der Waals surface area (Å²) < 4.78 is 8.48. The number of nitrogens with zero attached hydrogens (tertiary/aromatic N) is 3. The van der Waals surface area contributed by atoms with E-state index in [-0.39, 0.29) is 5.31 Å². The molecule has 0 bridgehead atoms. The van der Waals surface area contributed by atoms with Gasteiger partial charge in [-0.25, -0.2) is 9.55 Å². The van der Waals surface area contributed by atoms with E-state index in [1.165, 1.54) is 52.6 Å². The maximum absolute atomic E-state index is 6.86. The first-order valence-electron chi connectivity index (χ1n) is 16.7. The normalized spacial score (nSPS) is 14.4. The molecule has 1 fully saturated rings. The fraction of sp³-hybridized carbons (Fsp3) is 0.341. The van der Waals surface area contributed by atoms with E-state index in [4.69, 9.17) is 12.3 Å². The van der Waals surface area contributed by atoms with E-state index in [1.807, 2.05) is 19.2 Å². The fourth-order valence-corrected chi connectivity index (χ4v) is 6.85. The number of aryl methyl sites for hydroxylation is 5. The number of fused-ring (bicyclic) bond motifs is 3. The lowest BCUT2D eigenvalue weighted by atomic mass is 9.57. The highest BCUT2D eigenvalue weighted by Crippen LogP contribution is 2.40. The maximum Gasteiger partial charge on any atom is 0.227 e. The number of benzene rings is 2. The van der Waals surface area contributed by atoms with E-state index < -0.39 is 0 Å². The highest BCUT2D eigenvalue weighted by Gasteiger charge is 2.31. The second kappa shape index (κ2) is 12.9. The summed E-state index contributed by atoms with van der Waals surface area (Å²) in [5.74, 6) is 0.521. The molecule has 5 heteroatoms. The summed E-state index contributed by atoms with van der Waals surface area (Å²) in [6.45, 7) is 12.8. The largest absolute Gasteiger partial charge is 0.437 e. The highest BCUT2D eigenvalue weighted by atomic mass is 16.3. The third kappa shape index (κ3) is 6.25. The van der Waals surface area contributed by atoms with Gasteiger partial charge in [-0.05, 0) is 79.4 Å². The minimum absolute atomic E-state index is 0.227. The molecule has 0 atom stereocenters. The quantitative estimate of drug-likeness (QED) is 0.148. The predicted octanol–water partition coefficient (Wildman–Crippen LogP) is 9.91. The van der Waals surface area contributed by atoms with Gasteiger partial charge in [0, 0.05) is 40.4 Å². The summed E-state index contributed by atoms with van der Waals surface area (Å²) in [6.07, 6.45) is 9.87. The zero-order valence-corrected chi connectivity index (χ0v) is 28.4. The Bertz CT molecular complexity index is 2020. The van der Waals surface area contributed by atoms with Crippen LogP contribution in [-0.4, -0.2) is 17.8 Å². The lowest BCUT2D eigenvalue weighted by molar-refractivity contribution is -0.660. The smallest absolute Gasteiger partial charge is 0.227 e. The molecule has 0 amide bonds. The Morgan fingerprint density at radius 3 is 2.28 bits per heavy atom. The van der Waals surface area contributed by atoms with Crippen LogP contribution in [0.2, 0.25) is 0 Å². The Morgan fingerprint density at radius 2 is 1.57 bits per heavy atom. The van der Waals surface area contributed by atoms with Gasteiger partial charge in [-0.3, -0.25) is 4.98 Å². The van der Waals surface area contributed by atoms with Gasteiger partial charge in [0.2, 0.25) is 11.4 Å². The second-order valence-corrected chi connectivity index (χ2v) is 13.6. The van der Waals surface area contributed by atoms with Gasteiger partial charge >= 0.3 is 0 Å². The van der Waals surface area contributed by atoms with E-state index in [1.54, 1.807) is 0 Å². The first-order valence-corrected chi connectivity index (χ1v) is 16.7. The molecular formula is C41H45BN3O+. The van der Waals surface area contributed by atoms with Gasteiger partial charge in [0.15, 0.2) is 11.8 Å². The molecule has 0 N–H and O–H groups in total. The van der Waals surface area contributed by atoms with Crippen LogP contribution in [0.3, 0.4) is 0 Å². The van der Waals surface area contributed by atoms with E-state index in [2.05, 4.69) is 123 Å². The van der Waals surface area contributed by atoms with Crippen LogP contribution in [0.15, 0.2) is 83.5 Å². The van der Waals surface area contributed by atoms with Crippen LogP contribution in [0, 0.1) is 27.7 Å². The maximum atomic E-state index is 6.86. The molecule has 1 saturated carbocycles. The molecule has 1 aliphatic carbocycles. The van der Waals surface area contributed by atoms with Crippen molar-refractivity contribution < 1.29 is 8.98 Å². The average molecular weight is 607 g/mol. The van der Waals surface area contributed by atoms with E-state index in [0.29, 0.717) is 11.6 Å². The third-order valence-corrected chi connectivity index (χ3v) is 9.60. The van der Waals surface area contributed by atoms with Crippen LogP contribution in [0.5, 0.6) is 0 Å². The molecule has 7 rings (SSSR count). The molecule has 6 aromatic rings. The molecule has 0 saturated heterocycles. The van der Waals surface area contributed by atoms with E-state index in [0.717, 1.165) is 51.8 Å². The fourth-order valence-electron chi connectivity index (χ4n) is 6.85. The standard InChI is InChI=1S/C25H26BN2O.C16H19N/c1-16-7-9-19-20-10-8-17(2)27-24(20)29-23(19)22(16)21-15-18(11-14-28(21)3)25(26)12-5-4-6-13-25;1-11(2)15-9-12(3)5-7-14(15)16-8-6-13(4)10-17-16/h7-11,14-15H,4-6,12-13H2,1-3H3;5-11H,1-4H3/q+1;. The molecular weight excluding hydrogens is 561 g/mol. The Morgan fingerprint density at radius 1 is 0.826 bits per heavy atom. The number of hydrogen-bond donors (Lipinski definition) is 0. The Labute approximate surface area is 275 Å². The van der Waals surface area contributed by atoms with Crippen molar-refractivity contribution in [3.63, 3.8) is 0 Å². The third-order valence-electron chi connectivity index (χ3n) is 9.60. The molecule has 2 aromatic carbocycles. The molecule has 0 aliphatic heterocycles. The monoisotopic (exact) mass is 606 g/mol. The van der Waals surface area contributed by atoms with Gasteiger partial charge in [-0.15, -0.1) is 0 Å². The zero-order chi connectivity index (χ0) is 32.6. The van der Waals surface area contributed by atoms with Crippen LogP contribution in [-0.2, 0) is 12.4 Å². The van der Waals surface area contributed by atoms with Crippen molar-refractivity contribution in [3.8, 4) is 22.5 Å². The van der Waals surface area contributed by atoms with Crippen molar-refractivity contribution in [1.82, 2.24) is 9.97 Å². The molecule has 4 heterocycles. The van der Waals surface area contributed by atoms with Gasteiger partial charge < -0.3 is 4.42 Å². The van der Waals surface area contributed by atoms with Crippen LogP contribution in [0.1, 0.15) is 85.4 Å². The zero-order valence-electron chi connectivity index (χ0n) is 28.4. The number of hydrogen-bond acceptors (Lipinski definition) is 3. The SMILES string of the molecule is Cc1ccc(-c2ccc(C)cc2C(C)C)nc1.[B]C1(c2cc[n+](C)c(-c3c(C)ccc4c3oc3nc(C)ccc34)c2)CCCCC1. The van der Waals surface area contributed by atoms with Crippen molar-refractivity contribution in [2.45, 2.75) is 84.9 Å². The minimum atomic E-state index is -0.227. The first kappa shape index (κ1) is 31.7. The van der Waals surface area contributed by atoms with E-state index in [9.17, 15) is 0 Å². The number of rotatable bonds is 4. The van der Waals surface area contributed by atoms with Gasteiger partial charge in [0.25, 0.3) is 0 Å². The van der Waals surface area contributed by atoms with Crippen LogP contribution in [0.25, 0.3) is 44.6 Å². The van der Waals surface area contributed by atoms with Gasteiger partial charge in [0.1, 0.15) is 7.05 Å². The van der Waals surface area contributed by atoms with Gasteiger partial charge in [0.05, 0.1) is 19.1 Å². The summed E-state index contributed by atoms with van der Waals surface area (Å²) in [5, 5.41) is 1.95. The summed E-state index contributed by atoms with van der Waals surface area (Å²) in [5.41, 5.74) is 13.5. The lowest BCUT2D eigenvalue weighted by Gasteiger charge is -2.34. The topological polar surface area (TPSA) is 42.8 Å². The van der Waals surface area contributed by atoms with E-state index >= 15 is 0 Å². The highest BCUT2D eigenvalue weighted by molar-refractivity contribution is 6.16. The van der Waals surface area contributed by atoms with Crippen molar-refractivity contribution in [2.24, 2.45) is 7.05 Å². The summed E-state index contributed by atoms with van der Waals surface area (Å²) in [7, 11) is 8.95. The molecule has 0 unspecified atom stereocenters. The Hall–Kier alpha value is -4.25. The average Bonchev–Trinajstić information content (AvgIpc) is 3.40. The molecule has 4 nitrogen and oxygen atoms in total. The van der Waals surface area contributed by atoms with Gasteiger partial charge in [-0.2, -0.15) is 0 Å². The number of aromatic nitrogens is 3. The van der Waals surface area contributed by atoms with Crippen molar-refractivity contribution >= 4 is 29.9 Å². The summed E-state index contributed by atoms with van der Waals surface area (Å²) >= 11 is 0. The minimum Gasteiger partial charge on any atom is -0.437 e. The number of furan rings is 1. The summed E-state index contributed by atoms with van der Waals surface area (Å²) in [6, 6.07) is 23.8. The van der Waals surface area contributed by atoms with Crippen LogP contribution < -0.4 is 4.57 Å². The molecule has 2 radical (unpaired) electrons. The molecule has 4 aromatic heterocycles. The Kier molecular flexibility index (Phi) is 8.87. The molecule has 1 aliphatic rings. The van der Waals surface area contributed by atoms with Crippen LogP contribution >= 0.6 is 0 Å². The second-order valence-electron chi connectivity index (χ2n) is 13.6. The first-order chi connectivity index (χ1) is 22.0. The predicted molar refractivity (Wildman–Crippen MR) is 191 cm³/mol.